The SMILES string of the molecule is CCOC(=O)C1CCCN(C(=O)C2CCCC(N)C2)C1.Cl. The first kappa shape index (κ1) is 18.2. The van der Waals surface area contributed by atoms with Crippen molar-refractivity contribution in [3.8, 4) is 0 Å². The number of carbonyl (C=O) groups excluding carboxylic acids is 2. The summed E-state index contributed by atoms with van der Waals surface area (Å²) in [6.07, 6.45) is 5.50. The van der Waals surface area contributed by atoms with Crippen molar-refractivity contribution in [1.82, 2.24) is 4.90 Å². The third-order valence-corrected chi connectivity index (χ3v) is 4.42. The summed E-state index contributed by atoms with van der Waals surface area (Å²) < 4.78 is 5.08. The van der Waals surface area contributed by atoms with Crippen molar-refractivity contribution in [1.29, 1.82) is 0 Å². The monoisotopic (exact) mass is 318 g/mol. The average molecular weight is 319 g/mol. The van der Waals surface area contributed by atoms with E-state index in [0.717, 1.165) is 45.1 Å². The van der Waals surface area contributed by atoms with E-state index < -0.39 is 0 Å². The number of rotatable bonds is 3. The smallest absolute Gasteiger partial charge is 0.310 e. The van der Waals surface area contributed by atoms with E-state index in [2.05, 4.69) is 0 Å². The third-order valence-electron chi connectivity index (χ3n) is 4.42. The van der Waals surface area contributed by atoms with E-state index >= 15 is 0 Å². The van der Waals surface area contributed by atoms with Crippen LogP contribution >= 0.6 is 12.4 Å². The molecule has 6 heteroatoms. The molecule has 2 N–H and O–H groups in total. The Morgan fingerprint density at radius 3 is 2.57 bits per heavy atom. The molecule has 0 aromatic heterocycles. The maximum absolute atomic E-state index is 12.5. The first-order valence-electron chi connectivity index (χ1n) is 7.82. The van der Waals surface area contributed by atoms with Crippen molar-refractivity contribution in [2.75, 3.05) is 19.7 Å². The van der Waals surface area contributed by atoms with Gasteiger partial charge in [0.15, 0.2) is 0 Å². The van der Waals surface area contributed by atoms with Gasteiger partial charge < -0.3 is 15.4 Å². The molecule has 122 valence electrons. The Kier molecular flexibility index (Phi) is 7.46. The zero-order valence-corrected chi connectivity index (χ0v) is 13.6. The maximum Gasteiger partial charge on any atom is 0.310 e. The molecule has 1 saturated carbocycles. The zero-order chi connectivity index (χ0) is 14.5. The van der Waals surface area contributed by atoms with Gasteiger partial charge in [-0.3, -0.25) is 9.59 Å². The number of nitrogens with zero attached hydrogens (tertiary/aromatic N) is 1. The minimum Gasteiger partial charge on any atom is -0.466 e. The van der Waals surface area contributed by atoms with Gasteiger partial charge in [-0.25, -0.2) is 0 Å². The van der Waals surface area contributed by atoms with E-state index in [1.807, 2.05) is 11.8 Å². The van der Waals surface area contributed by atoms with Crippen molar-refractivity contribution in [3.63, 3.8) is 0 Å². The lowest BCUT2D eigenvalue weighted by Crippen LogP contribution is -2.47. The minimum absolute atomic E-state index is 0. The summed E-state index contributed by atoms with van der Waals surface area (Å²) in [4.78, 5) is 26.2. The number of ether oxygens (including phenoxy) is 1. The molecule has 3 atom stereocenters. The number of likely N-dealkylation sites (tertiary alicyclic amines) is 1. The highest BCUT2D eigenvalue weighted by molar-refractivity contribution is 5.85. The van der Waals surface area contributed by atoms with Crippen molar-refractivity contribution >= 4 is 24.3 Å². The summed E-state index contributed by atoms with van der Waals surface area (Å²) >= 11 is 0. The van der Waals surface area contributed by atoms with Crippen LogP contribution in [0.4, 0.5) is 0 Å². The van der Waals surface area contributed by atoms with E-state index in [1.54, 1.807) is 0 Å². The van der Waals surface area contributed by atoms with Gasteiger partial charge in [0, 0.05) is 25.0 Å². The summed E-state index contributed by atoms with van der Waals surface area (Å²) in [5, 5.41) is 0. The Balaban J connectivity index is 0.00000220. The van der Waals surface area contributed by atoms with E-state index in [1.165, 1.54) is 0 Å². The highest BCUT2D eigenvalue weighted by Crippen LogP contribution is 2.27. The van der Waals surface area contributed by atoms with Gasteiger partial charge >= 0.3 is 5.97 Å². The number of amides is 1. The van der Waals surface area contributed by atoms with Crippen molar-refractivity contribution in [2.45, 2.75) is 51.5 Å². The van der Waals surface area contributed by atoms with Gasteiger partial charge in [0.25, 0.3) is 0 Å². The molecule has 0 bridgehead atoms. The quantitative estimate of drug-likeness (QED) is 0.804. The number of esters is 1. The lowest BCUT2D eigenvalue weighted by molar-refractivity contribution is -0.152. The molecule has 1 amide bonds. The van der Waals surface area contributed by atoms with E-state index in [4.69, 9.17) is 10.5 Å². The van der Waals surface area contributed by atoms with Crippen LogP contribution in [0, 0.1) is 11.8 Å². The number of nitrogens with two attached hydrogens (primary N) is 1. The molecule has 0 aromatic carbocycles. The average Bonchev–Trinajstić information content (AvgIpc) is 2.47. The number of hydrogen-bond donors (Lipinski definition) is 1. The lowest BCUT2D eigenvalue weighted by atomic mass is 9.84. The predicted molar refractivity (Wildman–Crippen MR) is 83.1 cm³/mol. The van der Waals surface area contributed by atoms with Crippen molar-refractivity contribution < 1.29 is 14.3 Å². The molecule has 2 rings (SSSR count). The highest BCUT2D eigenvalue weighted by Gasteiger charge is 2.34. The molecule has 2 fully saturated rings. The van der Waals surface area contributed by atoms with E-state index in [0.29, 0.717) is 13.2 Å². The van der Waals surface area contributed by atoms with Crippen LogP contribution in [0.15, 0.2) is 0 Å². The van der Waals surface area contributed by atoms with Gasteiger partial charge in [0.05, 0.1) is 12.5 Å². The standard InChI is InChI=1S/C15H26N2O3.ClH/c1-2-20-15(19)12-6-4-8-17(10-12)14(18)11-5-3-7-13(16)9-11;/h11-13H,2-10,16H2,1H3;1H. The molecule has 5 nitrogen and oxygen atoms in total. The van der Waals surface area contributed by atoms with Crippen LogP contribution in [0.5, 0.6) is 0 Å². The summed E-state index contributed by atoms with van der Waals surface area (Å²) in [5.74, 6) is -0.0656. The minimum atomic E-state index is -0.162. The van der Waals surface area contributed by atoms with Gasteiger partial charge in [0.1, 0.15) is 0 Å². The second kappa shape index (κ2) is 8.59. The molecular formula is C15H27ClN2O3. The second-order valence-corrected chi connectivity index (χ2v) is 6.00. The van der Waals surface area contributed by atoms with Gasteiger partial charge in [-0.15, -0.1) is 12.4 Å². The Labute approximate surface area is 133 Å². The number of hydrogen-bond acceptors (Lipinski definition) is 4. The summed E-state index contributed by atoms with van der Waals surface area (Å²) in [5.41, 5.74) is 5.96. The third kappa shape index (κ3) is 4.85. The molecule has 3 unspecified atom stereocenters. The normalized spacial score (nSPS) is 29.4. The number of carbonyl (C=O) groups is 2. The fourth-order valence-electron chi connectivity index (χ4n) is 3.34. The molecule has 0 spiro atoms. The zero-order valence-electron chi connectivity index (χ0n) is 12.8. The van der Waals surface area contributed by atoms with Crippen LogP contribution in [0.1, 0.15) is 45.4 Å². The molecule has 1 aliphatic heterocycles. The molecule has 1 heterocycles. The van der Waals surface area contributed by atoms with Crippen LogP contribution in [0.2, 0.25) is 0 Å². The maximum atomic E-state index is 12.5. The summed E-state index contributed by atoms with van der Waals surface area (Å²) in [6, 6.07) is 0.156. The topological polar surface area (TPSA) is 72.6 Å². The number of piperidine rings is 1. The highest BCUT2D eigenvalue weighted by atomic mass is 35.5. The largest absolute Gasteiger partial charge is 0.466 e. The van der Waals surface area contributed by atoms with Gasteiger partial charge in [-0.05, 0) is 39.0 Å². The molecule has 21 heavy (non-hydrogen) atoms. The first-order valence-corrected chi connectivity index (χ1v) is 7.82. The van der Waals surface area contributed by atoms with Gasteiger partial charge in [-0.1, -0.05) is 6.42 Å². The Bertz CT molecular complexity index is 365. The van der Waals surface area contributed by atoms with Crippen LogP contribution < -0.4 is 5.73 Å². The summed E-state index contributed by atoms with van der Waals surface area (Å²) in [7, 11) is 0. The molecule has 2 aliphatic rings. The van der Waals surface area contributed by atoms with E-state index in [-0.39, 0.29) is 42.2 Å². The Morgan fingerprint density at radius 1 is 1.19 bits per heavy atom. The summed E-state index contributed by atoms with van der Waals surface area (Å²) in [6.45, 7) is 3.50. The predicted octanol–water partition coefficient (Wildman–Crippen LogP) is 1.73. The Hall–Kier alpha value is -0.810. The molecular weight excluding hydrogens is 292 g/mol. The molecule has 1 saturated heterocycles. The van der Waals surface area contributed by atoms with Crippen LogP contribution in [0.3, 0.4) is 0 Å². The molecule has 0 aromatic rings. The van der Waals surface area contributed by atoms with Crippen LogP contribution in [-0.2, 0) is 14.3 Å². The first-order chi connectivity index (χ1) is 9.61. The van der Waals surface area contributed by atoms with Crippen molar-refractivity contribution in [2.24, 2.45) is 17.6 Å². The second-order valence-electron chi connectivity index (χ2n) is 6.00. The fraction of sp³-hybridized carbons (Fsp3) is 0.867. The lowest BCUT2D eigenvalue weighted by Gasteiger charge is -2.36. The fourth-order valence-corrected chi connectivity index (χ4v) is 3.34. The van der Waals surface area contributed by atoms with Crippen molar-refractivity contribution in [3.05, 3.63) is 0 Å². The van der Waals surface area contributed by atoms with Crippen LogP contribution in [0.25, 0.3) is 0 Å². The van der Waals surface area contributed by atoms with Gasteiger partial charge in [0.2, 0.25) is 5.91 Å². The molecule has 0 radical (unpaired) electrons. The van der Waals surface area contributed by atoms with Crippen LogP contribution in [-0.4, -0.2) is 42.5 Å². The molecule has 1 aliphatic carbocycles. The Morgan fingerprint density at radius 2 is 1.90 bits per heavy atom. The number of halogens is 1. The van der Waals surface area contributed by atoms with Gasteiger partial charge in [-0.2, -0.15) is 0 Å². The van der Waals surface area contributed by atoms with E-state index in [9.17, 15) is 9.59 Å².